The van der Waals surface area contributed by atoms with Gasteiger partial charge in [-0.2, -0.15) is 5.26 Å². The first-order valence-electron chi connectivity index (χ1n) is 9.20. The molecule has 6 heteroatoms. The zero-order valence-electron chi connectivity index (χ0n) is 15.2. The molecule has 2 N–H and O–H groups in total. The molecule has 0 bridgehead atoms. The number of benzene rings is 2. The van der Waals surface area contributed by atoms with Crippen LogP contribution in [0.3, 0.4) is 0 Å². The van der Waals surface area contributed by atoms with Gasteiger partial charge in [0.2, 0.25) is 5.91 Å². The van der Waals surface area contributed by atoms with E-state index in [1.807, 2.05) is 42.5 Å². The van der Waals surface area contributed by atoms with Crippen LogP contribution < -0.4 is 10.6 Å². The van der Waals surface area contributed by atoms with E-state index in [-0.39, 0.29) is 11.5 Å². The molecule has 0 spiro atoms. The maximum atomic E-state index is 13.7. The predicted octanol–water partition coefficient (Wildman–Crippen LogP) is 3.51. The number of hydrogen-bond acceptors (Lipinski definition) is 4. The number of carbonyl (C=O) groups excluding carboxylic acids is 1. The van der Waals surface area contributed by atoms with Crippen LogP contribution in [0.1, 0.15) is 24.0 Å². The number of aromatic nitrogens is 1. The Morgan fingerprint density at radius 3 is 2.75 bits per heavy atom. The molecule has 4 rings (SSSR count). The molecule has 0 saturated heterocycles. The van der Waals surface area contributed by atoms with E-state index in [1.54, 1.807) is 6.07 Å². The Kier molecular flexibility index (Phi) is 4.66. The van der Waals surface area contributed by atoms with Crippen LogP contribution in [-0.4, -0.2) is 24.0 Å². The second kappa shape index (κ2) is 7.28. The van der Waals surface area contributed by atoms with Crippen molar-refractivity contribution in [2.75, 3.05) is 18.4 Å². The molecule has 0 atom stereocenters. The molecule has 0 radical (unpaired) electrons. The van der Waals surface area contributed by atoms with Gasteiger partial charge in [-0.25, -0.2) is 9.37 Å². The lowest BCUT2D eigenvalue weighted by atomic mass is 9.93. The van der Waals surface area contributed by atoms with E-state index in [9.17, 15) is 9.18 Å². The van der Waals surface area contributed by atoms with Crippen molar-refractivity contribution < 1.29 is 9.18 Å². The number of halogens is 1. The molecule has 1 saturated carbocycles. The minimum atomic E-state index is -0.713. The van der Waals surface area contributed by atoms with Crippen molar-refractivity contribution in [1.29, 1.82) is 5.26 Å². The van der Waals surface area contributed by atoms with Crippen molar-refractivity contribution >= 4 is 22.6 Å². The van der Waals surface area contributed by atoms with E-state index in [0.717, 1.165) is 16.7 Å². The van der Waals surface area contributed by atoms with E-state index < -0.39 is 11.2 Å². The van der Waals surface area contributed by atoms with Crippen LogP contribution in [0, 0.1) is 17.1 Å². The smallest absolute Gasteiger partial charge is 0.230 e. The lowest BCUT2D eigenvalue weighted by Gasteiger charge is -2.16. The van der Waals surface area contributed by atoms with Gasteiger partial charge in [-0.1, -0.05) is 18.2 Å². The lowest BCUT2D eigenvalue weighted by Crippen LogP contribution is -2.37. The summed E-state index contributed by atoms with van der Waals surface area (Å²) in [5.74, 6) is 0.130. The molecule has 1 aliphatic carbocycles. The number of pyridine rings is 1. The molecule has 0 unspecified atom stereocenters. The fourth-order valence-corrected chi connectivity index (χ4v) is 3.40. The standard InChI is InChI=1S/C22H19FN4O/c23-18-12-15(14-24)11-17(13-18)22(7-8-22)21(28)26-10-9-25-20-6-5-16-3-1-2-4-19(16)27-20/h1-6,11-13H,7-10H2,(H,25,27)(H,26,28). The first kappa shape index (κ1) is 17.9. The fourth-order valence-electron chi connectivity index (χ4n) is 3.40. The summed E-state index contributed by atoms with van der Waals surface area (Å²) in [6.45, 7) is 0.954. The third kappa shape index (κ3) is 3.52. The van der Waals surface area contributed by atoms with Gasteiger partial charge in [0.05, 0.1) is 22.6 Å². The number of carbonyl (C=O) groups is 1. The van der Waals surface area contributed by atoms with Crippen LogP contribution in [0.5, 0.6) is 0 Å². The van der Waals surface area contributed by atoms with Gasteiger partial charge < -0.3 is 10.6 Å². The van der Waals surface area contributed by atoms with Crippen molar-refractivity contribution in [2.45, 2.75) is 18.3 Å². The molecule has 1 heterocycles. The largest absolute Gasteiger partial charge is 0.368 e. The van der Waals surface area contributed by atoms with Crippen LogP contribution >= 0.6 is 0 Å². The summed E-state index contributed by atoms with van der Waals surface area (Å²) in [5, 5.41) is 16.2. The molecule has 28 heavy (non-hydrogen) atoms. The summed E-state index contributed by atoms with van der Waals surface area (Å²) >= 11 is 0. The van der Waals surface area contributed by atoms with Gasteiger partial charge in [0.25, 0.3) is 0 Å². The first-order valence-corrected chi connectivity index (χ1v) is 9.20. The van der Waals surface area contributed by atoms with Gasteiger partial charge in [0, 0.05) is 18.5 Å². The van der Waals surface area contributed by atoms with Crippen molar-refractivity contribution in [1.82, 2.24) is 10.3 Å². The monoisotopic (exact) mass is 374 g/mol. The minimum Gasteiger partial charge on any atom is -0.368 e. The zero-order valence-corrected chi connectivity index (χ0v) is 15.2. The van der Waals surface area contributed by atoms with E-state index in [1.165, 1.54) is 12.1 Å². The molecule has 0 aliphatic heterocycles. The molecular formula is C22H19FN4O. The second-order valence-corrected chi connectivity index (χ2v) is 6.99. The topological polar surface area (TPSA) is 77.8 Å². The predicted molar refractivity (Wildman–Crippen MR) is 105 cm³/mol. The number of para-hydroxylation sites is 1. The van der Waals surface area contributed by atoms with E-state index in [4.69, 9.17) is 5.26 Å². The number of nitrogens with zero attached hydrogens (tertiary/aromatic N) is 2. The van der Waals surface area contributed by atoms with Crippen molar-refractivity contribution in [3.63, 3.8) is 0 Å². The Morgan fingerprint density at radius 2 is 1.96 bits per heavy atom. The maximum absolute atomic E-state index is 13.7. The van der Waals surface area contributed by atoms with Crippen LogP contribution in [0.4, 0.5) is 10.2 Å². The third-order valence-corrected chi connectivity index (χ3v) is 5.08. The number of rotatable bonds is 6. The quantitative estimate of drug-likeness (QED) is 0.648. The molecule has 2 aromatic carbocycles. The average Bonchev–Trinajstić information content (AvgIpc) is 3.52. The number of anilines is 1. The van der Waals surface area contributed by atoms with Crippen LogP contribution in [0.2, 0.25) is 0 Å². The van der Waals surface area contributed by atoms with E-state index >= 15 is 0 Å². The molecule has 1 amide bonds. The SMILES string of the molecule is N#Cc1cc(F)cc(C2(C(=O)NCCNc3ccc4ccccc4n3)CC2)c1. The summed E-state index contributed by atoms with van der Waals surface area (Å²) in [7, 11) is 0. The second-order valence-electron chi connectivity index (χ2n) is 6.99. The summed E-state index contributed by atoms with van der Waals surface area (Å²) in [5.41, 5.74) is 1.01. The number of fused-ring (bicyclic) bond motifs is 1. The van der Waals surface area contributed by atoms with Gasteiger partial charge >= 0.3 is 0 Å². The van der Waals surface area contributed by atoms with E-state index in [0.29, 0.717) is 31.5 Å². The third-order valence-electron chi connectivity index (χ3n) is 5.08. The van der Waals surface area contributed by atoms with Gasteiger partial charge in [0.1, 0.15) is 11.6 Å². The minimum absolute atomic E-state index is 0.129. The Hall–Kier alpha value is -3.46. The normalized spacial score (nSPS) is 14.3. The van der Waals surface area contributed by atoms with E-state index in [2.05, 4.69) is 15.6 Å². The summed E-state index contributed by atoms with van der Waals surface area (Å²) in [4.78, 5) is 17.2. The Bertz CT molecular complexity index is 1090. The Labute approximate surface area is 162 Å². The highest BCUT2D eigenvalue weighted by molar-refractivity contribution is 5.91. The lowest BCUT2D eigenvalue weighted by molar-refractivity contribution is -0.123. The summed E-state index contributed by atoms with van der Waals surface area (Å²) in [6, 6.07) is 17.9. The highest BCUT2D eigenvalue weighted by atomic mass is 19.1. The first-order chi connectivity index (χ1) is 13.6. The molecular weight excluding hydrogens is 355 g/mol. The maximum Gasteiger partial charge on any atom is 0.230 e. The Balaban J connectivity index is 1.35. The van der Waals surface area contributed by atoms with Gasteiger partial charge in [-0.3, -0.25) is 4.79 Å². The van der Waals surface area contributed by atoms with Gasteiger partial charge in [-0.15, -0.1) is 0 Å². The number of nitriles is 1. The molecule has 3 aromatic rings. The van der Waals surface area contributed by atoms with Crippen molar-refractivity contribution in [3.8, 4) is 6.07 Å². The summed E-state index contributed by atoms with van der Waals surface area (Å²) < 4.78 is 13.7. The van der Waals surface area contributed by atoms with Crippen LogP contribution in [0.25, 0.3) is 10.9 Å². The summed E-state index contributed by atoms with van der Waals surface area (Å²) in [6.07, 6.45) is 1.32. The van der Waals surface area contributed by atoms with Gasteiger partial charge in [-0.05, 0) is 54.8 Å². The molecule has 1 fully saturated rings. The van der Waals surface area contributed by atoms with Crippen molar-refractivity contribution in [3.05, 3.63) is 71.5 Å². The zero-order chi connectivity index (χ0) is 19.6. The highest BCUT2D eigenvalue weighted by Crippen LogP contribution is 2.48. The van der Waals surface area contributed by atoms with Crippen LogP contribution in [-0.2, 0) is 10.2 Å². The number of nitrogens with one attached hydrogen (secondary N) is 2. The number of amides is 1. The molecule has 1 aliphatic rings. The van der Waals surface area contributed by atoms with Crippen molar-refractivity contribution in [2.24, 2.45) is 0 Å². The average molecular weight is 374 g/mol. The fraction of sp³-hybridized carbons (Fsp3) is 0.227. The van der Waals surface area contributed by atoms with Crippen LogP contribution in [0.15, 0.2) is 54.6 Å². The molecule has 1 aromatic heterocycles. The molecule has 5 nitrogen and oxygen atoms in total. The van der Waals surface area contributed by atoms with Gasteiger partial charge in [0.15, 0.2) is 0 Å². The Morgan fingerprint density at radius 1 is 1.14 bits per heavy atom. The molecule has 140 valence electrons. The highest BCUT2D eigenvalue weighted by Gasteiger charge is 2.51. The number of hydrogen-bond donors (Lipinski definition) is 2.